The number of nitrogens with one attached hydrogen (secondary N) is 1. The lowest BCUT2D eigenvalue weighted by molar-refractivity contribution is -0.120. The molecule has 0 radical (unpaired) electrons. The molecule has 3 nitrogen and oxygen atoms in total. The Bertz CT molecular complexity index is 790. The minimum absolute atomic E-state index is 0.130. The monoisotopic (exact) mass is 342 g/mol. The highest BCUT2D eigenvalue weighted by molar-refractivity contribution is 5.94. The van der Waals surface area contributed by atoms with Gasteiger partial charge in [-0.15, -0.1) is 0 Å². The summed E-state index contributed by atoms with van der Waals surface area (Å²) in [5, 5.41) is 2.47. The van der Waals surface area contributed by atoms with Crippen LogP contribution in [0.4, 0.5) is 14.5 Å². The van der Waals surface area contributed by atoms with Gasteiger partial charge < -0.3 is 5.32 Å². The first kappa shape index (κ1) is 17.3. The highest BCUT2D eigenvalue weighted by atomic mass is 19.1. The van der Waals surface area contributed by atoms with Gasteiger partial charge in [-0.05, 0) is 36.6 Å². The van der Waals surface area contributed by atoms with Crippen molar-refractivity contribution in [1.82, 2.24) is 4.90 Å². The van der Waals surface area contributed by atoms with Crippen LogP contribution in [0.1, 0.15) is 18.9 Å². The fourth-order valence-corrected chi connectivity index (χ4v) is 2.95. The van der Waals surface area contributed by atoms with Crippen molar-refractivity contribution in [2.45, 2.75) is 19.4 Å². The Balaban J connectivity index is 1.64. The van der Waals surface area contributed by atoms with Crippen molar-refractivity contribution in [3.8, 4) is 0 Å². The van der Waals surface area contributed by atoms with Gasteiger partial charge in [-0.3, -0.25) is 9.69 Å². The Morgan fingerprint density at radius 3 is 2.60 bits per heavy atom. The Labute approximate surface area is 146 Å². The molecule has 1 amide bonds. The third kappa shape index (κ3) is 4.12. The molecule has 0 spiro atoms. The van der Waals surface area contributed by atoms with E-state index in [1.54, 1.807) is 6.92 Å². The van der Waals surface area contributed by atoms with Gasteiger partial charge in [0.2, 0.25) is 5.91 Å². The fourth-order valence-electron chi connectivity index (χ4n) is 2.95. The first-order valence-electron chi connectivity index (χ1n) is 8.29. The maximum absolute atomic E-state index is 13.7. The lowest BCUT2D eigenvalue weighted by Crippen LogP contribution is -2.44. The second-order valence-electron chi connectivity index (χ2n) is 6.13. The molecule has 5 heteroatoms. The molecule has 1 aliphatic heterocycles. The third-order valence-corrected chi connectivity index (χ3v) is 4.50. The van der Waals surface area contributed by atoms with Gasteiger partial charge in [-0.2, -0.15) is 0 Å². The van der Waals surface area contributed by atoms with Crippen molar-refractivity contribution in [3.63, 3.8) is 0 Å². The number of amides is 1. The molecule has 130 valence electrons. The van der Waals surface area contributed by atoms with E-state index < -0.39 is 17.7 Å². The molecule has 0 aliphatic carbocycles. The summed E-state index contributed by atoms with van der Waals surface area (Å²) >= 11 is 0. The van der Waals surface area contributed by atoms with E-state index in [-0.39, 0.29) is 11.6 Å². The third-order valence-electron chi connectivity index (χ3n) is 4.50. The Hall–Kier alpha value is -2.53. The average Bonchev–Trinajstić information content (AvgIpc) is 2.65. The molecule has 1 N–H and O–H groups in total. The summed E-state index contributed by atoms with van der Waals surface area (Å²) in [5.74, 6) is -1.58. The molecule has 0 bridgehead atoms. The molecule has 0 fully saturated rings. The molecule has 3 rings (SSSR count). The van der Waals surface area contributed by atoms with Crippen LogP contribution in [0.2, 0.25) is 0 Å². The standard InChI is InChI=1S/C20H20F2N2O/c1-14(20(25)23-19-13-17(21)7-8-18(19)22)24-11-9-16(10-12-24)15-5-3-2-4-6-15/h2-9,13-14H,10-12H2,1H3,(H,23,25)/t14-/m1/s1. The van der Waals surface area contributed by atoms with Crippen molar-refractivity contribution in [2.24, 2.45) is 0 Å². The molecule has 2 aromatic rings. The topological polar surface area (TPSA) is 32.3 Å². The number of rotatable bonds is 4. The SMILES string of the molecule is C[C@H](C(=O)Nc1cc(F)ccc1F)N1CC=C(c2ccccc2)CC1. The van der Waals surface area contributed by atoms with Gasteiger partial charge >= 0.3 is 0 Å². The highest BCUT2D eigenvalue weighted by Crippen LogP contribution is 2.23. The van der Waals surface area contributed by atoms with E-state index in [0.29, 0.717) is 6.54 Å². The number of anilines is 1. The van der Waals surface area contributed by atoms with Crippen molar-refractivity contribution >= 4 is 17.2 Å². The molecule has 0 aromatic heterocycles. The summed E-state index contributed by atoms with van der Waals surface area (Å²) in [4.78, 5) is 14.4. The quantitative estimate of drug-likeness (QED) is 0.908. The van der Waals surface area contributed by atoms with Crippen molar-refractivity contribution in [1.29, 1.82) is 0 Å². The van der Waals surface area contributed by atoms with Gasteiger partial charge in [0, 0.05) is 19.2 Å². The number of halogens is 2. The normalized spacial score (nSPS) is 16.2. The van der Waals surface area contributed by atoms with Crippen molar-refractivity contribution in [2.75, 3.05) is 18.4 Å². The largest absolute Gasteiger partial charge is 0.322 e. The van der Waals surface area contributed by atoms with Gasteiger partial charge in [0.15, 0.2) is 0 Å². The molecule has 1 heterocycles. The number of hydrogen-bond acceptors (Lipinski definition) is 2. The van der Waals surface area contributed by atoms with Crippen molar-refractivity contribution < 1.29 is 13.6 Å². The van der Waals surface area contributed by atoms with Gasteiger partial charge in [-0.25, -0.2) is 8.78 Å². The van der Waals surface area contributed by atoms with Crippen LogP contribution in [-0.2, 0) is 4.79 Å². The highest BCUT2D eigenvalue weighted by Gasteiger charge is 2.24. The lowest BCUT2D eigenvalue weighted by atomic mass is 9.99. The molecule has 0 saturated heterocycles. The summed E-state index contributed by atoms with van der Waals surface area (Å²) in [7, 11) is 0. The number of benzene rings is 2. The van der Waals surface area contributed by atoms with Crippen LogP contribution in [0, 0.1) is 11.6 Å². The minimum atomic E-state index is -0.646. The lowest BCUT2D eigenvalue weighted by Gasteiger charge is -2.31. The predicted molar refractivity (Wildman–Crippen MR) is 95.1 cm³/mol. The van der Waals surface area contributed by atoms with E-state index >= 15 is 0 Å². The zero-order valence-corrected chi connectivity index (χ0v) is 14.0. The smallest absolute Gasteiger partial charge is 0.241 e. The molecular formula is C20H20F2N2O. The van der Waals surface area contributed by atoms with Crippen LogP contribution in [-0.4, -0.2) is 29.9 Å². The average molecular weight is 342 g/mol. The van der Waals surface area contributed by atoms with E-state index in [2.05, 4.69) is 23.5 Å². The van der Waals surface area contributed by atoms with E-state index in [4.69, 9.17) is 0 Å². The van der Waals surface area contributed by atoms with E-state index in [1.165, 1.54) is 11.1 Å². The second-order valence-corrected chi connectivity index (χ2v) is 6.13. The molecule has 1 atom stereocenters. The molecule has 1 aliphatic rings. The fraction of sp³-hybridized carbons (Fsp3) is 0.250. The van der Waals surface area contributed by atoms with Gasteiger partial charge in [-0.1, -0.05) is 36.4 Å². The summed E-state index contributed by atoms with van der Waals surface area (Å²) in [5.41, 5.74) is 2.33. The minimum Gasteiger partial charge on any atom is -0.322 e. The molecule has 2 aromatic carbocycles. The van der Waals surface area contributed by atoms with Crippen LogP contribution >= 0.6 is 0 Å². The second kappa shape index (κ2) is 7.57. The predicted octanol–water partition coefficient (Wildman–Crippen LogP) is 4.08. The number of nitrogens with zero attached hydrogens (tertiary/aromatic N) is 1. The van der Waals surface area contributed by atoms with Gasteiger partial charge in [0.05, 0.1) is 11.7 Å². The van der Waals surface area contributed by atoms with Crippen LogP contribution in [0.5, 0.6) is 0 Å². The molecule has 25 heavy (non-hydrogen) atoms. The Kier molecular flexibility index (Phi) is 5.24. The molecule has 0 saturated carbocycles. The van der Waals surface area contributed by atoms with Crippen LogP contribution in [0.25, 0.3) is 5.57 Å². The number of carbonyl (C=O) groups is 1. The maximum atomic E-state index is 13.7. The first-order valence-corrected chi connectivity index (χ1v) is 8.29. The molecule has 0 unspecified atom stereocenters. The zero-order chi connectivity index (χ0) is 17.8. The Morgan fingerprint density at radius 2 is 1.92 bits per heavy atom. The maximum Gasteiger partial charge on any atom is 0.241 e. The summed E-state index contributed by atoms with van der Waals surface area (Å²) in [6.45, 7) is 3.15. The summed E-state index contributed by atoms with van der Waals surface area (Å²) in [6.07, 6.45) is 2.96. The van der Waals surface area contributed by atoms with Crippen LogP contribution in [0.15, 0.2) is 54.6 Å². The molecular weight excluding hydrogens is 322 g/mol. The van der Waals surface area contributed by atoms with Crippen LogP contribution in [0.3, 0.4) is 0 Å². The van der Waals surface area contributed by atoms with Gasteiger partial charge in [0.25, 0.3) is 0 Å². The van der Waals surface area contributed by atoms with E-state index in [0.717, 1.165) is 31.2 Å². The Morgan fingerprint density at radius 1 is 1.16 bits per heavy atom. The number of hydrogen-bond donors (Lipinski definition) is 1. The zero-order valence-electron chi connectivity index (χ0n) is 14.0. The van der Waals surface area contributed by atoms with E-state index in [9.17, 15) is 13.6 Å². The van der Waals surface area contributed by atoms with Gasteiger partial charge in [0.1, 0.15) is 11.6 Å². The summed E-state index contributed by atoms with van der Waals surface area (Å²) < 4.78 is 26.9. The van der Waals surface area contributed by atoms with E-state index in [1.807, 2.05) is 23.1 Å². The van der Waals surface area contributed by atoms with Crippen molar-refractivity contribution in [3.05, 3.63) is 71.8 Å². The first-order chi connectivity index (χ1) is 12.0. The summed E-state index contributed by atoms with van der Waals surface area (Å²) in [6, 6.07) is 12.7. The number of carbonyl (C=O) groups excluding carboxylic acids is 1. The van der Waals surface area contributed by atoms with Crippen LogP contribution < -0.4 is 5.32 Å².